The number of carbonyl (C=O) groups excluding carboxylic acids is 1. The van der Waals surface area contributed by atoms with Gasteiger partial charge in [-0.1, -0.05) is 0 Å². The molecule has 0 bridgehead atoms. The maximum atomic E-state index is 11.9. The third-order valence-corrected chi connectivity index (χ3v) is 2.23. The molecule has 1 aliphatic rings. The minimum Gasteiger partial charge on any atom is -0.437 e. The van der Waals surface area contributed by atoms with Gasteiger partial charge < -0.3 is 10.5 Å². The zero-order chi connectivity index (χ0) is 11.7. The summed E-state index contributed by atoms with van der Waals surface area (Å²) in [5.74, 6) is -2.34. The lowest BCUT2D eigenvalue weighted by Gasteiger charge is -2.21. The molecule has 0 radical (unpaired) electrons. The first-order chi connectivity index (χ1) is 6.79. The third-order valence-electron chi connectivity index (χ3n) is 2.23. The van der Waals surface area contributed by atoms with Gasteiger partial charge in [0.1, 0.15) is 6.07 Å². The molecule has 0 aliphatic heterocycles. The van der Waals surface area contributed by atoms with Crippen molar-refractivity contribution < 1.29 is 22.7 Å². The van der Waals surface area contributed by atoms with E-state index in [1.54, 1.807) is 6.07 Å². The normalized spacial score (nSPS) is 31.0. The van der Waals surface area contributed by atoms with Crippen molar-refractivity contribution in [2.75, 3.05) is 0 Å². The molecule has 0 aromatic rings. The summed E-state index contributed by atoms with van der Waals surface area (Å²) in [7, 11) is 0. The van der Waals surface area contributed by atoms with E-state index in [9.17, 15) is 18.0 Å². The second-order valence-electron chi connectivity index (χ2n) is 3.50. The molecule has 4 nitrogen and oxygen atoms in total. The maximum Gasteiger partial charge on any atom is 0.490 e. The van der Waals surface area contributed by atoms with Crippen LogP contribution in [0.2, 0.25) is 0 Å². The molecule has 15 heavy (non-hydrogen) atoms. The number of hydrogen-bond acceptors (Lipinski definition) is 4. The van der Waals surface area contributed by atoms with Crippen LogP contribution in [0.3, 0.4) is 0 Å². The Morgan fingerprint density at radius 2 is 2.20 bits per heavy atom. The van der Waals surface area contributed by atoms with Crippen molar-refractivity contribution in [2.45, 2.75) is 37.1 Å². The van der Waals surface area contributed by atoms with Crippen molar-refractivity contribution in [1.82, 2.24) is 0 Å². The van der Waals surface area contributed by atoms with Gasteiger partial charge in [0.25, 0.3) is 0 Å². The van der Waals surface area contributed by atoms with Gasteiger partial charge in [0, 0.05) is 18.9 Å². The minimum atomic E-state index is -5.07. The van der Waals surface area contributed by atoms with Crippen molar-refractivity contribution in [1.29, 1.82) is 5.26 Å². The highest BCUT2D eigenvalue weighted by atomic mass is 19.4. The molecule has 1 rings (SSSR count). The quantitative estimate of drug-likeness (QED) is 0.668. The van der Waals surface area contributed by atoms with Gasteiger partial charge in [-0.15, -0.1) is 0 Å². The fraction of sp³-hybridized carbons (Fsp3) is 0.750. The standard InChI is InChI=1S/C8H9F3N2O2/c9-8(10,11)6(14)15-7(4-12)2-1-5(13)3-7/h5H,1-3,13H2/t5-,7-/m1/s1. The fourth-order valence-electron chi connectivity index (χ4n) is 1.50. The Kier molecular flexibility index (Phi) is 2.90. The van der Waals surface area contributed by atoms with Gasteiger partial charge in [-0.2, -0.15) is 18.4 Å². The summed E-state index contributed by atoms with van der Waals surface area (Å²) in [6.45, 7) is 0. The molecule has 0 amide bonds. The minimum absolute atomic E-state index is 0.0481. The lowest BCUT2D eigenvalue weighted by Crippen LogP contribution is -2.38. The van der Waals surface area contributed by atoms with Crippen molar-refractivity contribution in [3.63, 3.8) is 0 Å². The zero-order valence-electron chi connectivity index (χ0n) is 7.67. The summed E-state index contributed by atoms with van der Waals surface area (Å²) in [6.07, 6.45) is -4.70. The molecule has 0 saturated heterocycles. The van der Waals surface area contributed by atoms with Crippen LogP contribution >= 0.6 is 0 Å². The summed E-state index contributed by atoms with van der Waals surface area (Å²) in [4.78, 5) is 10.6. The molecule has 84 valence electrons. The molecule has 0 unspecified atom stereocenters. The smallest absolute Gasteiger partial charge is 0.437 e. The molecule has 2 atom stereocenters. The molecule has 1 saturated carbocycles. The van der Waals surface area contributed by atoms with Gasteiger partial charge in [-0.05, 0) is 6.42 Å². The number of nitriles is 1. The van der Waals surface area contributed by atoms with Gasteiger partial charge >= 0.3 is 12.1 Å². The van der Waals surface area contributed by atoms with Crippen LogP contribution in [0.4, 0.5) is 13.2 Å². The molecule has 0 spiro atoms. The number of esters is 1. The zero-order valence-corrected chi connectivity index (χ0v) is 7.67. The Bertz CT molecular complexity index is 310. The van der Waals surface area contributed by atoms with E-state index < -0.39 is 23.8 Å². The number of hydrogen-bond donors (Lipinski definition) is 1. The van der Waals surface area contributed by atoms with Crippen molar-refractivity contribution in [3.8, 4) is 6.07 Å². The van der Waals surface area contributed by atoms with Crippen LogP contribution in [-0.4, -0.2) is 23.8 Å². The van der Waals surface area contributed by atoms with Crippen LogP contribution in [0.25, 0.3) is 0 Å². The predicted molar refractivity (Wildman–Crippen MR) is 42.3 cm³/mol. The van der Waals surface area contributed by atoms with Crippen LogP contribution in [0.15, 0.2) is 0 Å². The summed E-state index contributed by atoms with van der Waals surface area (Å²) < 4.78 is 39.9. The van der Waals surface area contributed by atoms with E-state index in [4.69, 9.17) is 11.0 Å². The lowest BCUT2D eigenvalue weighted by molar-refractivity contribution is -0.209. The number of halogens is 3. The van der Waals surface area contributed by atoms with Crippen LogP contribution in [-0.2, 0) is 9.53 Å². The second kappa shape index (κ2) is 3.70. The van der Waals surface area contributed by atoms with Crippen molar-refractivity contribution >= 4 is 5.97 Å². The largest absolute Gasteiger partial charge is 0.490 e. The van der Waals surface area contributed by atoms with E-state index in [1.807, 2.05) is 0 Å². The molecular formula is C8H9F3N2O2. The molecule has 2 N–H and O–H groups in total. The monoisotopic (exact) mass is 222 g/mol. The fourth-order valence-corrected chi connectivity index (χ4v) is 1.50. The number of nitrogens with zero attached hydrogens (tertiary/aromatic N) is 1. The van der Waals surface area contributed by atoms with Crippen LogP contribution in [0, 0.1) is 11.3 Å². The molecule has 0 aromatic carbocycles. The van der Waals surface area contributed by atoms with Gasteiger partial charge in [0.2, 0.25) is 0 Å². The molecular weight excluding hydrogens is 213 g/mol. The average molecular weight is 222 g/mol. The maximum absolute atomic E-state index is 11.9. The average Bonchev–Trinajstić information content (AvgIpc) is 2.47. The van der Waals surface area contributed by atoms with E-state index in [2.05, 4.69) is 4.74 Å². The molecule has 1 aliphatic carbocycles. The lowest BCUT2D eigenvalue weighted by atomic mass is 10.0. The molecule has 0 aromatic heterocycles. The van der Waals surface area contributed by atoms with E-state index >= 15 is 0 Å². The van der Waals surface area contributed by atoms with Crippen molar-refractivity contribution in [3.05, 3.63) is 0 Å². The van der Waals surface area contributed by atoms with Crippen LogP contribution in [0.5, 0.6) is 0 Å². The Labute approximate surface area is 83.8 Å². The van der Waals surface area contributed by atoms with E-state index in [1.165, 1.54) is 0 Å². The first kappa shape index (κ1) is 11.8. The second-order valence-corrected chi connectivity index (χ2v) is 3.50. The van der Waals surface area contributed by atoms with E-state index in [0.29, 0.717) is 6.42 Å². The summed E-state index contributed by atoms with van der Waals surface area (Å²) in [5, 5.41) is 8.70. The number of rotatable bonds is 1. The topological polar surface area (TPSA) is 76.1 Å². The first-order valence-electron chi connectivity index (χ1n) is 4.26. The number of alkyl halides is 3. The highest BCUT2D eigenvalue weighted by molar-refractivity contribution is 5.76. The highest BCUT2D eigenvalue weighted by Gasteiger charge is 2.49. The van der Waals surface area contributed by atoms with Gasteiger partial charge in [0.05, 0.1) is 0 Å². The van der Waals surface area contributed by atoms with Gasteiger partial charge in [0.15, 0.2) is 5.60 Å². The Hall–Kier alpha value is -1.29. The molecule has 7 heteroatoms. The third kappa shape index (κ3) is 2.59. The number of carbonyl (C=O) groups is 1. The number of nitrogens with two attached hydrogens (primary N) is 1. The van der Waals surface area contributed by atoms with Crippen molar-refractivity contribution in [2.24, 2.45) is 5.73 Å². The van der Waals surface area contributed by atoms with Gasteiger partial charge in [-0.3, -0.25) is 0 Å². The molecule has 1 fully saturated rings. The van der Waals surface area contributed by atoms with E-state index in [-0.39, 0.29) is 12.8 Å². The number of ether oxygens (including phenoxy) is 1. The summed E-state index contributed by atoms with van der Waals surface area (Å²) in [6, 6.07) is 1.19. The SMILES string of the molecule is N#C[C@@]1(OC(=O)C(F)(F)F)CC[C@@H](N)C1. The molecule has 0 heterocycles. The predicted octanol–water partition coefficient (Wildman–Crippen LogP) is 0.865. The Balaban J connectivity index is 2.72. The summed E-state index contributed by atoms with van der Waals surface area (Å²) >= 11 is 0. The van der Waals surface area contributed by atoms with Crippen LogP contribution < -0.4 is 5.73 Å². The van der Waals surface area contributed by atoms with Crippen LogP contribution in [0.1, 0.15) is 19.3 Å². The Morgan fingerprint density at radius 3 is 2.53 bits per heavy atom. The van der Waals surface area contributed by atoms with Gasteiger partial charge in [-0.25, -0.2) is 4.79 Å². The highest BCUT2D eigenvalue weighted by Crippen LogP contribution is 2.34. The summed E-state index contributed by atoms with van der Waals surface area (Å²) in [5.41, 5.74) is 3.74. The first-order valence-corrected chi connectivity index (χ1v) is 4.26. The van der Waals surface area contributed by atoms with E-state index in [0.717, 1.165) is 0 Å². The Morgan fingerprint density at radius 1 is 1.60 bits per heavy atom.